The van der Waals surface area contributed by atoms with Crippen LogP contribution in [0.4, 0.5) is 10.1 Å². The van der Waals surface area contributed by atoms with Gasteiger partial charge in [0.25, 0.3) is 10.0 Å². The number of benzene rings is 2. The number of aromatic carboxylic acids is 1. The molecule has 0 atom stereocenters. The van der Waals surface area contributed by atoms with Gasteiger partial charge in [0.1, 0.15) is 5.82 Å². The molecule has 0 unspecified atom stereocenters. The molecule has 0 aliphatic rings. The Morgan fingerprint density at radius 2 is 1.54 bits per heavy atom. The van der Waals surface area contributed by atoms with Gasteiger partial charge in [0.2, 0.25) is 0 Å². The normalized spacial score (nSPS) is 11.9. The van der Waals surface area contributed by atoms with Gasteiger partial charge in [-0.15, -0.1) is 0 Å². The number of carboxylic acid groups (broad SMARTS) is 1. The molecule has 128 valence electrons. The molecular formula is C14H12FNO6S2. The predicted molar refractivity (Wildman–Crippen MR) is 83.7 cm³/mol. The Labute approximate surface area is 137 Å². The molecule has 0 fully saturated rings. The van der Waals surface area contributed by atoms with E-state index in [1.54, 1.807) is 0 Å². The predicted octanol–water partition coefficient (Wildman–Crippen LogP) is 1.73. The molecule has 0 radical (unpaired) electrons. The van der Waals surface area contributed by atoms with Crippen molar-refractivity contribution in [1.82, 2.24) is 0 Å². The summed E-state index contributed by atoms with van der Waals surface area (Å²) in [5, 5.41) is 8.84. The molecule has 0 aromatic heterocycles. The smallest absolute Gasteiger partial charge is 0.338 e. The number of anilines is 1. The summed E-state index contributed by atoms with van der Waals surface area (Å²) in [5.41, 5.74) is -0.700. The van der Waals surface area contributed by atoms with Crippen LogP contribution < -0.4 is 4.72 Å². The van der Waals surface area contributed by atoms with E-state index in [0.717, 1.165) is 18.4 Å². The minimum atomic E-state index is -4.16. The molecule has 0 aliphatic heterocycles. The number of carboxylic acids is 1. The quantitative estimate of drug-likeness (QED) is 0.824. The summed E-state index contributed by atoms with van der Waals surface area (Å²) in [6.07, 6.45) is 1.01. The molecule has 2 aromatic rings. The third kappa shape index (κ3) is 3.89. The van der Waals surface area contributed by atoms with Gasteiger partial charge in [-0.3, -0.25) is 4.72 Å². The highest BCUT2D eigenvalue weighted by atomic mass is 32.2. The Morgan fingerprint density at radius 1 is 1.00 bits per heavy atom. The number of rotatable bonds is 5. The molecule has 0 saturated heterocycles. The van der Waals surface area contributed by atoms with Crippen molar-refractivity contribution in [1.29, 1.82) is 0 Å². The topological polar surface area (TPSA) is 118 Å². The lowest BCUT2D eigenvalue weighted by Crippen LogP contribution is -2.14. The van der Waals surface area contributed by atoms with Crippen molar-refractivity contribution in [2.75, 3.05) is 11.0 Å². The first-order valence-corrected chi connectivity index (χ1v) is 9.74. The van der Waals surface area contributed by atoms with Crippen LogP contribution in [0.15, 0.2) is 52.3 Å². The fraction of sp³-hybridized carbons (Fsp3) is 0.0714. The van der Waals surface area contributed by atoms with Gasteiger partial charge in [0.15, 0.2) is 9.84 Å². The second kappa shape index (κ2) is 6.21. The van der Waals surface area contributed by atoms with E-state index in [9.17, 15) is 26.0 Å². The maximum absolute atomic E-state index is 13.3. The average molecular weight is 373 g/mol. The van der Waals surface area contributed by atoms with Crippen LogP contribution in [0.2, 0.25) is 0 Å². The van der Waals surface area contributed by atoms with E-state index < -0.39 is 42.1 Å². The van der Waals surface area contributed by atoms with E-state index >= 15 is 0 Å². The zero-order chi connectivity index (χ0) is 18.1. The lowest BCUT2D eigenvalue weighted by atomic mass is 10.2. The van der Waals surface area contributed by atoms with Crippen LogP contribution in [0.5, 0.6) is 0 Å². The number of nitrogens with one attached hydrogen (secondary N) is 1. The minimum Gasteiger partial charge on any atom is -0.478 e. The number of hydrogen-bond acceptors (Lipinski definition) is 5. The van der Waals surface area contributed by atoms with Crippen molar-refractivity contribution < 1.29 is 31.1 Å². The fourth-order valence-electron chi connectivity index (χ4n) is 1.82. The van der Waals surface area contributed by atoms with Crippen LogP contribution in [-0.4, -0.2) is 34.2 Å². The van der Waals surface area contributed by atoms with E-state index in [1.807, 2.05) is 0 Å². The molecule has 0 aliphatic carbocycles. The lowest BCUT2D eigenvalue weighted by Gasteiger charge is -2.09. The first-order valence-electron chi connectivity index (χ1n) is 6.36. The second-order valence-corrected chi connectivity index (χ2v) is 8.55. The molecule has 2 N–H and O–H groups in total. The number of halogens is 1. The van der Waals surface area contributed by atoms with Crippen molar-refractivity contribution >= 4 is 31.5 Å². The summed E-state index contributed by atoms with van der Waals surface area (Å²) < 4.78 is 62.7. The van der Waals surface area contributed by atoms with Crippen LogP contribution in [0.3, 0.4) is 0 Å². The van der Waals surface area contributed by atoms with Crippen molar-refractivity contribution in [2.24, 2.45) is 0 Å². The van der Waals surface area contributed by atoms with Crippen molar-refractivity contribution in [3.63, 3.8) is 0 Å². The Morgan fingerprint density at radius 3 is 2.04 bits per heavy atom. The van der Waals surface area contributed by atoms with E-state index in [0.29, 0.717) is 6.07 Å². The summed E-state index contributed by atoms with van der Waals surface area (Å²) >= 11 is 0. The molecule has 7 nitrogen and oxygen atoms in total. The number of sulfonamides is 1. The molecule has 0 bridgehead atoms. The maximum atomic E-state index is 13.3. The average Bonchev–Trinajstić information content (AvgIpc) is 2.46. The zero-order valence-electron chi connectivity index (χ0n) is 12.2. The van der Waals surface area contributed by atoms with Gasteiger partial charge < -0.3 is 5.11 Å². The molecule has 10 heteroatoms. The largest absolute Gasteiger partial charge is 0.478 e. The summed E-state index contributed by atoms with van der Waals surface area (Å²) in [5.74, 6) is -2.65. The monoisotopic (exact) mass is 373 g/mol. The summed E-state index contributed by atoms with van der Waals surface area (Å²) in [6, 6.07) is 7.30. The molecule has 2 aromatic carbocycles. The van der Waals surface area contributed by atoms with Crippen molar-refractivity contribution in [2.45, 2.75) is 9.79 Å². The summed E-state index contributed by atoms with van der Waals surface area (Å²) in [7, 11) is -7.58. The zero-order valence-corrected chi connectivity index (χ0v) is 13.9. The third-order valence-electron chi connectivity index (χ3n) is 3.01. The molecule has 0 amide bonds. The Kier molecular flexibility index (Phi) is 4.63. The first kappa shape index (κ1) is 17.9. The van der Waals surface area contributed by atoms with E-state index in [2.05, 4.69) is 4.72 Å². The summed E-state index contributed by atoms with van der Waals surface area (Å²) in [4.78, 5) is 10.5. The molecule has 2 rings (SSSR count). The summed E-state index contributed by atoms with van der Waals surface area (Å²) in [6.45, 7) is 0. The fourth-order valence-corrected chi connectivity index (χ4v) is 3.53. The maximum Gasteiger partial charge on any atom is 0.338 e. The van der Waals surface area contributed by atoms with Crippen LogP contribution in [0, 0.1) is 5.82 Å². The molecule has 24 heavy (non-hydrogen) atoms. The first-order chi connectivity index (χ1) is 11.0. The lowest BCUT2D eigenvalue weighted by molar-refractivity contribution is 0.0691. The van der Waals surface area contributed by atoms with Gasteiger partial charge in [-0.25, -0.2) is 26.0 Å². The van der Waals surface area contributed by atoms with Crippen LogP contribution in [0.1, 0.15) is 10.4 Å². The highest BCUT2D eigenvalue weighted by Crippen LogP contribution is 2.20. The van der Waals surface area contributed by atoms with Gasteiger partial charge >= 0.3 is 5.97 Å². The molecular weight excluding hydrogens is 361 g/mol. The van der Waals surface area contributed by atoms with Gasteiger partial charge in [0, 0.05) is 11.9 Å². The molecule has 0 heterocycles. The van der Waals surface area contributed by atoms with Gasteiger partial charge in [-0.2, -0.15) is 0 Å². The Hall–Kier alpha value is -2.46. The molecule has 0 saturated carbocycles. The van der Waals surface area contributed by atoms with Crippen molar-refractivity contribution in [3.8, 4) is 0 Å². The standard InChI is InChI=1S/C14H12FNO6S2/c1-23(19,20)10-4-2-9(3-5-10)16-24(21,22)11-6-7-13(15)12(8-11)14(17)18/h2-8,16H,1H3,(H,17,18). The van der Waals surface area contributed by atoms with E-state index in [1.165, 1.54) is 24.3 Å². The number of carbonyl (C=O) groups is 1. The van der Waals surface area contributed by atoms with Gasteiger partial charge in [-0.1, -0.05) is 0 Å². The minimum absolute atomic E-state index is 0.0143. The van der Waals surface area contributed by atoms with Crippen LogP contribution in [0.25, 0.3) is 0 Å². The van der Waals surface area contributed by atoms with Crippen LogP contribution in [-0.2, 0) is 19.9 Å². The highest BCUT2D eigenvalue weighted by molar-refractivity contribution is 7.92. The van der Waals surface area contributed by atoms with E-state index in [4.69, 9.17) is 5.11 Å². The second-order valence-electron chi connectivity index (χ2n) is 4.85. The van der Waals surface area contributed by atoms with Crippen molar-refractivity contribution in [3.05, 3.63) is 53.8 Å². The van der Waals surface area contributed by atoms with Gasteiger partial charge in [-0.05, 0) is 42.5 Å². The highest BCUT2D eigenvalue weighted by Gasteiger charge is 2.19. The number of hydrogen-bond donors (Lipinski definition) is 2. The third-order valence-corrected chi connectivity index (χ3v) is 5.52. The Balaban J connectivity index is 2.35. The SMILES string of the molecule is CS(=O)(=O)c1ccc(NS(=O)(=O)c2ccc(F)c(C(=O)O)c2)cc1. The van der Waals surface area contributed by atoms with E-state index in [-0.39, 0.29) is 10.6 Å². The van der Waals surface area contributed by atoms with Gasteiger partial charge in [0.05, 0.1) is 15.4 Å². The molecule has 0 spiro atoms. The number of sulfone groups is 1. The van der Waals surface area contributed by atoms with Crippen LogP contribution >= 0.6 is 0 Å². The Bertz CT molecular complexity index is 998.